The van der Waals surface area contributed by atoms with Gasteiger partial charge in [-0.05, 0) is 50.1 Å². The van der Waals surface area contributed by atoms with Gasteiger partial charge in [-0.15, -0.1) is 12.4 Å². The molecule has 1 saturated heterocycles. The Kier molecular flexibility index (Phi) is 6.19. The number of amides is 1. The summed E-state index contributed by atoms with van der Waals surface area (Å²) in [5, 5.41) is 10.7. The highest BCUT2D eigenvalue weighted by Gasteiger charge is 2.19. The van der Waals surface area contributed by atoms with Crippen molar-refractivity contribution in [3.8, 4) is 5.69 Å². The summed E-state index contributed by atoms with van der Waals surface area (Å²) in [7, 11) is 0. The standard InChI is InChI=1S/C17H22N4O.ClH/c1-13-11-15(7-9-18-13)20-17(22)12-14-3-5-16(6-4-14)21-10-2-8-19-21;/h2-6,8,10,13,15,18H,7,9,11-12H2,1H3,(H,20,22);1H. The zero-order chi connectivity index (χ0) is 15.4. The smallest absolute Gasteiger partial charge is 0.224 e. The molecule has 1 amide bonds. The van der Waals surface area contributed by atoms with E-state index in [2.05, 4.69) is 22.7 Å². The zero-order valence-corrected chi connectivity index (χ0v) is 14.1. The van der Waals surface area contributed by atoms with Crippen molar-refractivity contribution in [1.29, 1.82) is 0 Å². The lowest BCUT2D eigenvalue weighted by Gasteiger charge is -2.28. The van der Waals surface area contributed by atoms with Gasteiger partial charge in [-0.2, -0.15) is 5.10 Å². The second-order valence-corrected chi connectivity index (χ2v) is 5.94. The molecule has 1 aromatic carbocycles. The first kappa shape index (κ1) is 17.5. The highest BCUT2D eigenvalue weighted by atomic mass is 35.5. The molecule has 0 spiro atoms. The summed E-state index contributed by atoms with van der Waals surface area (Å²) in [6.45, 7) is 3.14. The molecule has 5 nitrogen and oxygen atoms in total. The molecule has 0 saturated carbocycles. The molecule has 3 rings (SSSR count). The van der Waals surface area contributed by atoms with Crippen molar-refractivity contribution < 1.29 is 4.79 Å². The number of carbonyl (C=O) groups excluding carboxylic acids is 1. The third-order valence-corrected chi connectivity index (χ3v) is 4.06. The van der Waals surface area contributed by atoms with Gasteiger partial charge in [-0.3, -0.25) is 4.79 Å². The second kappa shape index (κ2) is 8.13. The van der Waals surface area contributed by atoms with Gasteiger partial charge in [-0.1, -0.05) is 12.1 Å². The lowest BCUT2D eigenvalue weighted by molar-refractivity contribution is -0.121. The maximum absolute atomic E-state index is 12.2. The van der Waals surface area contributed by atoms with E-state index < -0.39 is 0 Å². The van der Waals surface area contributed by atoms with E-state index >= 15 is 0 Å². The maximum Gasteiger partial charge on any atom is 0.224 e. The summed E-state index contributed by atoms with van der Waals surface area (Å²) in [4.78, 5) is 12.2. The number of aromatic nitrogens is 2. The molecule has 2 unspecified atom stereocenters. The summed E-state index contributed by atoms with van der Waals surface area (Å²) in [5.41, 5.74) is 2.02. The molecule has 0 radical (unpaired) electrons. The molecule has 2 aromatic rings. The number of benzene rings is 1. The van der Waals surface area contributed by atoms with Crippen LogP contribution in [0.15, 0.2) is 42.7 Å². The summed E-state index contributed by atoms with van der Waals surface area (Å²) in [6.07, 6.45) is 6.09. The molecular weight excluding hydrogens is 312 g/mol. The molecular formula is C17H23ClN4O. The van der Waals surface area contributed by atoms with Gasteiger partial charge in [0.25, 0.3) is 0 Å². The predicted octanol–water partition coefficient (Wildman–Crippen LogP) is 2.09. The van der Waals surface area contributed by atoms with E-state index in [1.807, 2.05) is 36.5 Å². The van der Waals surface area contributed by atoms with Gasteiger partial charge in [0.2, 0.25) is 5.91 Å². The molecule has 2 atom stereocenters. The van der Waals surface area contributed by atoms with Crippen molar-refractivity contribution in [2.45, 2.75) is 38.3 Å². The third-order valence-electron chi connectivity index (χ3n) is 4.06. The fourth-order valence-electron chi connectivity index (χ4n) is 2.92. The minimum Gasteiger partial charge on any atom is -0.353 e. The SMILES string of the molecule is CC1CC(NC(=O)Cc2ccc(-n3cccn3)cc2)CCN1.Cl. The molecule has 23 heavy (non-hydrogen) atoms. The maximum atomic E-state index is 12.2. The topological polar surface area (TPSA) is 59.0 Å². The number of piperidine rings is 1. The van der Waals surface area contributed by atoms with Gasteiger partial charge in [-0.25, -0.2) is 4.68 Å². The van der Waals surface area contributed by atoms with E-state index in [0.29, 0.717) is 18.5 Å². The fourth-order valence-corrected chi connectivity index (χ4v) is 2.92. The Morgan fingerprint density at radius 1 is 1.39 bits per heavy atom. The summed E-state index contributed by atoms with van der Waals surface area (Å²) in [5.74, 6) is 0.103. The first-order valence-electron chi connectivity index (χ1n) is 7.82. The highest BCUT2D eigenvalue weighted by molar-refractivity contribution is 5.85. The summed E-state index contributed by atoms with van der Waals surface area (Å²) in [6, 6.07) is 10.6. The van der Waals surface area contributed by atoms with E-state index in [1.54, 1.807) is 10.9 Å². The van der Waals surface area contributed by atoms with E-state index in [9.17, 15) is 4.79 Å². The number of hydrogen-bond acceptors (Lipinski definition) is 3. The van der Waals surface area contributed by atoms with Crippen LogP contribution in [-0.4, -0.2) is 34.3 Å². The minimum atomic E-state index is 0. The van der Waals surface area contributed by atoms with Gasteiger partial charge in [0.05, 0.1) is 12.1 Å². The lowest BCUT2D eigenvalue weighted by atomic mass is 10.0. The van der Waals surface area contributed by atoms with Crippen LogP contribution in [0.1, 0.15) is 25.3 Å². The highest BCUT2D eigenvalue weighted by Crippen LogP contribution is 2.11. The van der Waals surface area contributed by atoms with Crippen molar-refractivity contribution in [2.75, 3.05) is 6.54 Å². The molecule has 0 bridgehead atoms. The Bertz CT molecular complexity index is 612. The van der Waals surface area contributed by atoms with E-state index in [4.69, 9.17) is 0 Å². The molecule has 124 valence electrons. The Balaban J connectivity index is 0.00000192. The molecule has 6 heteroatoms. The number of hydrogen-bond donors (Lipinski definition) is 2. The number of rotatable bonds is 4. The van der Waals surface area contributed by atoms with Gasteiger partial charge >= 0.3 is 0 Å². The first-order valence-corrected chi connectivity index (χ1v) is 7.82. The average molecular weight is 335 g/mol. The molecule has 1 aromatic heterocycles. The third kappa shape index (κ3) is 4.81. The van der Waals surface area contributed by atoms with Crippen molar-refractivity contribution in [3.05, 3.63) is 48.3 Å². The quantitative estimate of drug-likeness (QED) is 0.900. The number of carbonyl (C=O) groups is 1. The Labute approximate surface area is 142 Å². The minimum absolute atomic E-state index is 0. The molecule has 1 aliphatic heterocycles. The Morgan fingerprint density at radius 3 is 2.83 bits per heavy atom. The number of nitrogens with one attached hydrogen (secondary N) is 2. The molecule has 1 fully saturated rings. The van der Waals surface area contributed by atoms with Crippen LogP contribution in [0.2, 0.25) is 0 Å². The second-order valence-electron chi connectivity index (χ2n) is 5.94. The van der Waals surface area contributed by atoms with Crippen molar-refractivity contribution in [3.63, 3.8) is 0 Å². The van der Waals surface area contributed by atoms with Crippen molar-refractivity contribution >= 4 is 18.3 Å². The first-order chi connectivity index (χ1) is 10.7. The van der Waals surface area contributed by atoms with Gasteiger partial charge in [0.15, 0.2) is 0 Å². The fraction of sp³-hybridized carbons (Fsp3) is 0.412. The predicted molar refractivity (Wildman–Crippen MR) is 93.1 cm³/mol. The average Bonchev–Trinajstić information content (AvgIpc) is 3.02. The van der Waals surface area contributed by atoms with Crippen LogP contribution < -0.4 is 10.6 Å². The van der Waals surface area contributed by atoms with Crippen LogP contribution in [-0.2, 0) is 11.2 Å². The summed E-state index contributed by atoms with van der Waals surface area (Å²) >= 11 is 0. The molecule has 0 aliphatic carbocycles. The van der Waals surface area contributed by atoms with E-state index in [-0.39, 0.29) is 18.3 Å². The van der Waals surface area contributed by atoms with E-state index in [0.717, 1.165) is 30.6 Å². The Morgan fingerprint density at radius 2 is 2.17 bits per heavy atom. The van der Waals surface area contributed by atoms with Crippen LogP contribution in [0, 0.1) is 0 Å². The van der Waals surface area contributed by atoms with Crippen LogP contribution in [0.25, 0.3) is 5.69 Å². The van der Waals surface area contributed by atoms with Crippen LogP contribution in [0.3, 0.4) is 0 Å². The largest absolute Gasteiger partial charge is 0.353 e. The molecule has 2 heterocycles. The van der Waals surface area contributed by atoms with Gasteiger partial charge in [0, 0.05) is 24.5 Å². The van der Waals surface area contributed by atoms with Crippen LogP contribution in [0.5, 0.6) is 0 Å². The van der Waals surface area contributed by atoms with Gasteiger partial charge in [0.1, 0.15) is 0 Å². The van der Waals surface area contributed by atoms with Crippen LogP contribution >= 0.6 is 12.4 Å². The van der Waals surface area contributed by atoms with E-state index in [1.165, 1.54) is 0 Å². The molecule has 2 N–H and O–H groups in total. The normalized spacial score (nSPS) is 20.6. The molecule has 1 aliphatic rings. The van der Waals surface area contributed by atoms with Crippen molar-refractivity contribution in [1.82, 2.24) is 20.4 Å². The monoisotopic (exact) mass is 334 g/mol. The number of nitrogens with zero attached hydrogens (tertiary/aromatic N) is 2. The zero-order valence-electron chi connectivity index (χ0n) is 13.2. The van der Waals surface area contributed by atoms with Crippen molar-refractivity contribution in [2.24, 2.45) is 0 Å². The lowest BCUT2D eigenvalue weighted by Crippen LogP contribution is -2.46. The Hall–Kier alpha value is -1.85. The number of halogens is 1. The van der Waals surface area contributed by atoms with Gasteiger partial charge < -0.3 is 10.6 Å². The summed E-state index contributed by atoms with van der Waals surface area (Å²) < 4.78 is 1.81. The van der Waals surface area contributed by atoms with Crippen LogP contribution in [0.4, 0.5) is 0 Å².